The van der Waals surface area contributed by atoms with E-state index in [1.54, 1.807) is 12.3 Å². The van der Waals surface area contributed by atoms with Crippen LogP contribution in [0, 0.1) is 0 Å². The highest BCUT2D eigenvalue weighted by Gasteiger charge is 2.24. The van der Waals surface area contributed by atoms with Crippen LogP contribution in [0.25, 0.3) is 11.3 Å². The molecular formula is C16H18BrClN2O2. The third-order valence-electron chi connectivity index (χ3n) is 3.01. The maximum Gasteiger partial charge on any atom is 0.254 e. The van der Waals surface area contributed by atoms with E-state index in [0.29, 0.717) is 21.9 Å². The molecule has 0 fully saturated rings. The Labute approximate surface area is 143 Å². The minimum absolute atomic E-state index is 0.243. The summed E-state index contributed by atoms with van der Waals surface area (Å²) in [5.74, 6) is 0.222. The zero-order valence-electron chi connectivity index (χ0n) is 12.9. The number of halogens is 2. The number of rotatable bonds is 3. The van der Waals surface area contributed by atoms with Crippen molar-refractivity contribution in [1.82, 2.24) is 10.3 Å². The Morgan fingerprint density at radius 1 is 1.32 bits per heavy atom. The van der Waals surface area contributed by atoms with Crippen molar-refractivity contribution in [3.05, 3.63) is 39.5 Å². The van der Waals surface area contributed by atoms with Gasteiger partial charge in [-0.05, 0) is 54.9 Å². The van der Waals surface area contributed by atoms with Gasteiger partial charge >= 0.3 is 0 Å². The minimum atomic E-state index is -0.367. The molecule has 2 N–H and O–H groups in total. The summed E-state index contributed by atoms with van der Waals surface area (Å²) in [5.41, 5.74) is 1.53. The quantitative estimate of drug-likeness (QED) is 0.809. The molecule has 118 valence electrons. The van der Waals surface area contributed by atoms with Gasteiger partial charge in [-0.25, -0.2) is 0 Å². The van der Waals surface area contributed by atoms with Gasteiger partial charge in [-0.2, -0.15) is 0 Å². The largest absolute Gasteiger partial charge is 0.495 e. The van der Waals surface area contributed by atoms with E-state index in [4.69, 9.17) is 16.3 Å². The van der Waals surface area contributed by atoms with Gasteiger partial charge in [-0.1, -0.05) is 11.6 Å². The first-order valence-corrected chi connectivity index (χ1v) is 7.94. The number of amides is 1. The van der Waals surface area contributed by atoms with Gasteiger partial charge in [0.1, 0.15) is 5.75 Å². The second-order valence-corrected chi connectivity index (χ2v) is 7.14. The molecule has 2 aromatic rings. The van der Waals surface area contributed by atoms with Gasteiger partial charge < -0.3 is 15.0 Å². The normalized spacial score (nSPS) is 11.4. The highest BCUT2D eigenvalue weighted by atomic mass is 79.9. The van der Waals surface area contributed by atoms with Crippen molar-refractivity contribution in [2.75, 3.05) is 7.11 Å². The first-order valence-electron chi connectivity index (χ1n) is 6.77. The number of carbonyl (C=O) groups excluding carboxylic acids is 1. The molecule has 1 amide bonds. The molecule has 6 heteroatoms. The summed E-state index contributed by atoms with van der Waals surface area (Å²) in [6.45, 7) is 5.76. The lowest BCUT2D eigenvalue weighted by atomic mass is 10.0. The predicted molar refractivity (Wildman–Crippen MR) is 92.7 cm³/mol. The van der Waals surface area contributed by atoms with Crippen molar-refractivity contribution >= 4 is 33.4 Å². The Hall–Kier alpha value is -1.46. The number of hydrogen-bond donors (Lipinski definition) is 2. The van der Waals surface area contributed by atoms with Crippen LogP contribution in [-0.2, 0) is 0 Å². The van der Waals surface area contributed by atoms with Crippen LogP contribution in [0.4, 0.5) is 0 Å². The Morgan fingerprint density at radius 3 is 2.50 bits per heavy atom. The van der Waals surface area contributed by atoms with Crippen LogP contribution in [-0.4, -0.2) is 23.5 Å². The van der Waals surface area contributed by atoms with E-state index >= 15 is 0 Å². The van der Waals surface area contributed by atoms with Gasteiger partial charge in [0.25, 0.3) is 5.91 Å². The number of aromatic amines is 1. The van der Waals surface area contributed by atoms with Crippen LogP contribution in [0.1, 0.15) is 31.1 Å². The second kappa shape index (κ2) is 6.34. The average molecular weight is 386 g/mol. The summed E-state index contributed by atoms with van der Waals surface area (Å²) in [7, 11) is 1.52. The number of methoxy groups -OCH3 is 1. The van der Waals surface area contributed by atoms with Crippen molar-refractivity contribution in [1.29, 1.82) is 0 Å². The zero-order chi connectivity index (χ0) is 16.5. The van der Waals surface area contributed by atoms with Crippen LogP contribution < -0.4 is 10.1 Å². The fourth-order valence-electron chi connectivity index (χ4n) is 2.10. The molecule has 0 radical (unpaired) electrons. The van der Waals surface area contributed by atoms with E-state index in [2.05, 4.69) is 26.2 Å². The maximum absolute atomic E-state index is 12.7. The topological polar surface area (TPSA) is 54.1 Å². The Kier molecular flexibility index (Phi) is 4.87. The number of carbonyl (C=O) groups is 1. The zero-order valence-corrected chi connectivity index (χ0v) is 15.2. The van der Waals surface area contributed by atoms with Crippen molar-refractivity contribution in [3.63, 3.8) is 0 Å². The molecule has 0 aliphatic heterocycles. The molecule has 4 nitrogen and oxygen atoms in total. The van der Waals surface area contributed by atoms with E-state index in [1.807, 2.05) is 32.9 Å². The molecule has 0 atom stereocenters. The third-order valence-corrected chi connectivity index (χ3v) is 4.04. The average Bonchev–Trinajstić information content (AvgIpc) is 2.82. The van der Waals surface area contributed by atoms with Crippen LogP contribution in [0.2, 0.25) is 5.02 Å². The van der Waals surface area contributed by atoms with Gasteiger partial charge in [0, 0.05) is 21.8 Å². The predicted octanol–water partition coefficient (Wildman–Crippen LogP) is 4.63. The van der Waals surface area contributed by atoms with Crippen molar-refractivity contribution < 1.29 is 9.53 Å². The Morgan fingerprint density at radius 2 is 2.00 bits per heavy atom. The summed E-state index contributed by atoms with van der Waals surface area (Å²) >= 11 is 9.86. The SMILES string of the molecule is COc1ccc(-c2[nH]ccc2Br)c(C(=O)NC(C)(C)C)c1Cl. The van der Waals surface area contributed by atoms with Gasteiger partial charge in [0.2, 0.25) is 0 Å². The molecule has 0 saturated heterocycles. The van der Waals surface area contributed by atoms with E-state index in [1.165, 1.54) is 7.11 Å². The molecule has 0 aliphatic rings. The van der Waals surface area contributed by atoms with Crippen molar-refractivity contribution in [3.8, 4) is 17.0 Å². The minimum Gasteiger partial charge on any atom is -0.495 e. The number of ether oxygens (including phenoxy) is 1. The molecule has 1 aromatic carbocycles. The van der Waals surface area contributed by atoms with Gasteiger partial charge in [0.15, 0.2) is 0 Å². The van der Waals surface area contributed by atoms with Gasteiger partial charge in [0.05, 0.1) is 23.4 Å². The molecule has 0 aliphatic carbocycles. The molecular weight excluding hydrogens is 368 g/mol. The van der Waals surface area contributed by atoms with Gasteiger partial charge in [-0.15, -0.1) is 0 Å². The van der Waals surface area contributed by atoms with E-state index in [-0.39, 0.29) is 11.4 Å². The number of hydrogen-bond acceptors (Lipinski definition) is 2. The summed E-state index contributed by atoms with van der Waals surface area (Å²) in [5, 5.41) is 3.24. The molecule has 1 heterocycles. The monoisotopic (exact) mass is 384 g/mol. The molecule has 0 spiro atoms. The van der Waals surface area contributed by atoms with Crippen LogP contribution >= 0.6 is 27.5 Å². The summed E-state index contributed by atoms with van der Waals surface area (Å²) < 4.78 is 6.09. The van der Waals surface area contributed by atoms with E-state index in [0.717, 1.165) is 10.2 Å². The van der Waals surface area contributed by atoms with Gasteiger partial charge in [-0.3, -0.25) is 4.79 Å². The van der Waals surface area contributed by atoms with Crippen LogP contribution in [0.3, 0.4) is 0 Å². The van der Waals surface area contributed by atoms with Crippen LogP contribution in [0.5, 0.6) is 5.75 Å². The molecule has 0 saturated carbocycles. The van der Waals surface area contributed by atoms with Crippen molar-refractivity contribution in [2.24, 2.45) is 0 Å². The second-order valence-electron chi connectivity index (χ2n) is 5.91. The Bertz CT molecular complexity index is 705. The summed E-state index contributed by atoms with van der Waals surface area (Å²) in [4.78, 5) is 15.8. The van der Waals surface area contributed by atoms with E-state index in [9.17, 15) is 4.79 Å². The van der Waals surface area contributed by atoms with E-state index < -0.39 is 0 Å². The Balaban J connectivity index is 2.63. The molecule has 22 heavy (non-hydrogen) atoms. The molecule has 2 rings (SSSR count). The number of aromatic nitrogens is 1. The lowest BCUT2D eigenvalue weighted by molar-refractivity contribution is 0.0920. The highest BCUT2D eigenvalue weighted by Crippen LogP contribution is 2.38. The summed E-state index contributed by atoms with van der Waals surface area (Å²) in [6, 6.07) is 5.44. The van der Waals surface area contributed by atoms with Crippen LogP contribution in [0.15, 0.2) is 28.9 Å². The fourth-order valence-corrected chi connectivity index (χ4v) is 2.89. The van der Waals surface area contributed by atoms with Crippen molar-refractivity contribution in [2.45, 2.75) is 26.3 Å². The highest BCUT2D eigenvalue weighted by molar-refractivity contribution is 9.10. The first-order chi connectivity index (χ1) is 10.2. The number of H-pyrrole nitrogens is 1. The summed E-state index contributed by atoms with van der Waals surface area (Å²) in [6.07, 6.45) is 1.79. The fraction of sp³-hybridized carbons (Fsp3) is 0.312. The molecule has 0 bridgehead atoms. The lowest BCUT2D eigenvalue weighted by Crippen LogP contribution is -2.40. The number of benzene rings is 1. The number of nitrogens with one attached hydrogen (secondary N) is 2. The third kappa shape index (κ3) is 3.47. The first kappa shape index (κ1) is 16.9. The molecule has 0 unspecified atom stereocenters. The lowest BCUT2D eigenvalue weighted by Gasteiger charge is -2.22. The smallest absolute Gasteiger partial charge is 0.254 e. The standard InChI is InChI=1S/C16H18BrClN2O2/c1-16(2,3)20-15(21)12-9(14-10(17)7-8-19-14)5-6-11(22-4)13(12)18/h5-8,19H,1-4H3,(H,20,21). The molecule has 1 aromatic heterocycles. The maximum atomic E-state index is 12.7.